The van der Waals surface area contributed by atoms with Crippen molar-refractivity contribution in [2.75, 3.05) is 24.3 Å². The van der Waals surface area contributed by atoms with E-state index in [1.165, 1.54) is 25.7 Å². The molecule has 0 fully saturated rings. The Bertz CT molecular complexity index is 1550. The van der Waals surface area contributed by atoms with Gasteiger partial charge in [0.25, 0.3) is 0 Å². The number of ether oxygens (including phenoxy) is 1. The summed E-state index contributed by atoms with van der Waals surface area (Å²) >= 11 is 1.20. The summed E-state index contributed by atoms with van der Waals surface area (Å²) in [5.41, 5.74) is 5.56. The van der Waals surface area contributed by atoms with Gasteiger partial charge in [-0.3, -0.25) is 0 Å². The van der Waals surface area contributed by atoms with Crippen molar-refractivity contribution in [3.8, 4) is 5.75 Å². The number of hydrogen-bond donors (Lipinski definition) is 0. The van der Waals surface area contributed by atoms with Crippen molar-refractivity contribution in [2.24, 2.45) is 0 Å². The SMILES string of the molecule is CCC(/C=C1\[Se]c2cc(OC)c(C)cc2N1CC)=C\c1oc2ccc3ccccc3c2[n+]1CCCSOO[O-]. The molecule has 204 valence electrons. The van der Waals surface area contributed by atoms with Gasteiger partial charge in [0.1, 0.15) is 0 Å². The molecular formula is C30H32N2O5SSe. The average Bonchev–Trinajstić information content (AvgIpc) is 3.48. The summed E-state index contributed by atoms with van der Waals surface area (Å²) in [7, 11) is 1.73. The van der Waals surface area contributed by atoms with Crippen LogP contribution >= 0.6 is 12.0 Å². The maximum atomic E-state index is 10.2. The molecule has 9 heteroatoms. The van der Waals surface area contributed by atoms with Gasteiger partial charge < -0.3 is 5.26 Å². The molecule has 1 aromatic heterocycles. The number of allylic oxidation sites excluding steroid dienone is 2. The van der Waals surface area contributed by atoms with E-state index in [4.69, 9.17) is 9.15 Å². The van der Waals surface area contributed by atoms with Crippen LogP contribution in [0.25, 0.3) is 27.9 Å². The van der Waals surface area contributed by atoms with Crippen LogP contribution in [0.1, 0.15) is 38.1 Å². The number of anilines is 1. The van der Waals surface area contributed by atoms with E-state index >= 15 is 0 Å². The Morgan fingerprint density at radius 1 is 1.18 bits per heavy atom. The molecule has 2 heterocycles. The van der Waals surface area contributed by atoms with Crippen LogP contribution in [0.4, 0.5) is 5.69 Å². The third kappa shape index (κ3) is 5.75. The summed E-state index contributed by atoms with van der Waals surface area (Å²) in [6, 6.07) is 17.0. The second-order valence-corrected chi connectivity index (χ2v) is 12.2. The van der Waals surface area contributed by atoms with E-state index in [0.717, 1.165) is 65.1 Å². The zero-order chi connectivity index (χ0) is 27.4. The first-order chi connectivity index (χ1) is 19.1. The van der Waals surface area contributed by atoms with Gasteiger partial charge in [0.05, 0.1) is 0 Å². The number of hydrogen-bond acceptors (Lipinski definition) is 7. The second kappa shape index (κ2) is 12.6. The Kier molecular flexibility index (Phi) is 8.97. The third-order valence-electron chi connectivity index (χ3n) is 6.89. The van der Waals surface area contributed by atoms with Crippen LogP contribution in [0.15, 0.2) is 69.2 Å². The molecule has 0 atom stereocenters. The molecule has 0 spiro atoms. The van der Waals surface area contributed by atoms with Crippen LogP contribution in [-0.4, -0.2) is 34.4 Å². The summed E-state index contributed by atoms with van der Waals surface area (Å²) in [6.07, 6.45) is 6.16. The smallest absolute Gasteiger partial charge is 0.691 e. The van der Waals surface area contributed by atoms with Crippen molar-refractivity contribution in [3.63, 3.8) is 0 Å². The van der Waals surface area contributed by atoms with E-state index in [9.17, 15) is 5.26 Å². The summed E-state index contributed by atoms with van der Waals surface area (Å²) in [5, 5.41) is 16.0. The maximum absolute atomic E-state index is 10.2. The fourth-order valence-electron chi connectivity index (χ4n) is 4.99. The second-order valence-electron chi connectivity index (χ2n) is 9.23. The fourth-order valence-corrected chi connectivity index (χ4v) is 7.89. The number of oxazole rings is 1. The first kappa shape index (κ1) is 27.8. The van der Waals surface area contributed by atoms with Crippen LogP contribution in [-0.2, 0) is 15.9 Å². The zero-order valence-corrected chi connectivity index (χ0v) is 25.1. The molecule has 7 nitrogen and oxygen atoms in total. The number of methoxy groups -OCH3 is 1. The van der Waals surface area contributed by atoms with E-state index in [-0.39, 0.29) is 15.0 Å². The molecule has 0 radical (unpaired) electrons. The number of rotatable bonds is 11. The van der Waals surface area contributed by atoms with E-state index in [1.54, 1.807) is 7.11 Å². The first-order valence-electron chi connectivity index (χ1n) is 13.1. The number of nitrogens with zero attached hydrogens (tertiary/aromatic N) is 2. The van der Waals surface area contributed by atoms with E-state index in [1.807, 2.05) is 6.07 Å². The topological polar surface area (TPSA) is 71.0 Å². The van der Waals surface area contributed by atoms with Gasteiger partial charge in [0.2, 0.25) is 0 Å². The van der Waals surface area contributed by atoms with Gasteiger partial charge in [0.15, 0.2) is 0 Å². The molecule has 5 rings (SSSR count). The minimum Gasteiger partial charge on any atom is -0.691 e. The van der Waals surface area contributed by atoms with Crippen molar-refractivity contribution in [2.45, 2.75) is 40.2 Å². The standard InChI is InChI=1S/C30H32N2O5SSe/c1-5-21(18-29-31(6-2)24-16-20(3)26(34-4)19-27(24)39-29)17-28-32(14-9-15-38-37-36-33)30-23-11-8-7-10-22(23)12-13-25(30)35-28/h7-8,10-13,16-19H,5-6,9,14-15H2,1-4H3. The Morgan fingerprint density at radius 2 is 2.03 bits per heavy atom. The Balaban J connectivity index is 1.54. The van der Waals surface area contributed by atoms with Crippen molar-refractivity contribution < 1.29 is 28.4 Å². The summed E-state index contributed by atoms with van der Waals surface area (Å²) in [5.74, 6) is 2.38. The van der Waals surface area contributed by atoms with Crippen LogP contribution in [0.5, 0.6) is 5.75 Å². The van der Waals surface area contributed by atoms with Crippen molar-refractivity contribution in [1.82, 2.24) is 0 Å². The first-order valence-corrected chi connectivity index (χ1v) is 15.7. The minimum atomic E-state index is 0.182. The molecule has 3 aromatic carbocycles. The quantitative estimate of drug-likeness (QED) is 0.0594. The van der Waals surface area contributed by atoms with Crippen molar-refractivity contribution in [1.29, 1.82) is 0 Å². The molecule has 1 aliphatic heterocycles. The zero-order valence-electron chi connectivity index (χ0n) is 22.6. The molecular weight excluding hydrogens is 579 g/mol. The van der Waals surface area contributed by atoms with Gasteiger partial charge in [-0.1, -0.05) is 0 Å². The molecule has 0 bridgehead atoms. The summed E-state index contributed by atoms with van der Waals surface area (Å²) in [6.45, 7) is 8.10. The molecule has 0 amide bonds. The van der Waals surface area contributed by atoms with Crippen LogP contribution in [0.3, 0.4) is 0 Å². The molecule has 39 heavy (non-hydrogen) atoms. The van der Waals surface area contributed by atoms with Crippen molar-refractivity contribution in [3.05, 3.63) is 76.2 Å². The van der Waals surface area contributed by atoms with Gasteiger partial charge in [0, 0.05) is 0 Å². The van der Waals surface area contributed by atoms with Crippen LogP contribution < -0.4 is 23.9 Å². The fraction of sp³-hybridized carbons (Fsp3) is 0.300. The molecule has 0 saturated heterocycles. The predicted molar refractivity (Wildman–Crippen MR) is 156 cm³/mol. The van der Waals surface area contributed by atoms with Gasteiger partial charge in [-0.2, -0.15) is 0 Å². The van der Waals surface area contributed by atoms with Gasteiger partial charge in [-0.05, 0) is 0 Å². The Hall–Kier alpha value is -2.78. The number of aryl methyl sites for hydroxylation is 2. The molecule has 0 aliphatic carbocycles. The van der Waals surface area contributed by atoms with Crippen molar-refractivity contribution >= 4 is 65.1 Å². The summed E-state index contributed by atoms with van der Waals surface area (Å²) in [4.78, 5) is 2.42. The predicted octanol–water partition coefficient (Wildman–Crippen LogP) is 4.96. The molecule has 0 N–H and O–H groups in total. The molecule has 0 saturated carbocycles. The minimum absolute atomic E-state index is 0.182. The normalized spacial score (nSPS) is 14.6. The molecule has 1 aliphatic rings. The molecule has 0 unspecified atom stereocenters. The third-order valence-corrected chi connectivity index (χ3v) is 9.79. The van der Waals surface area contributed by atoms with E-state index < -0.39 is 0 Å². The van der Waals surface area contributed by atoms with Gasteiger partial charge in [-0.25, -0.2) is 0 Å². The number of aromatic nitrogens is 1. The molecule has 4 aromatic rings. The van der Waals surface area contributed by atoms with Crippen LogP contribution in [0, 0.1) is 6.92 Å². The van der Waals surface area contributed by atoms with E-state index in [2.05, 4.69) is 94.2 Å². The number of benzene rings is 3. The van der Waals surface area contributed by atoms with Crippen LogP contribution in [0.2, 0.25) is 0 Å². The Labute approximate surface area is 239 Å². The van der Waals surface area contributed by atoms with Gasteiger partial charge in [-0.15, -0.1) is 0 Å². The monoisotopic (exact) mass is 612 g/mol. The average molecular weight is 612 g/mol. The van der Waals surface area contributed by atoms with Gasteiger partial charge >= 0.3 is 235 Å². The summed E-state index contributed by atoms with van der Waals surface area (Å²) < 4.78 is 21.4. The van der Waals surface area contributed by atoms with E-state index in [0.29, 0.717) is 12.3 Å². The number of fused-ring (bicyclic) bond motifs is 4. The Morgan fingerprint density at radius 3 is 2.79 bits per heavy atom.